The van der Waals surface area contributed by atoms with Crippen molar-refractivity contribution in [2.24, 2.45) is 0 Å². The molecule has 3 aromatic rings. The number of aromatic nitrogens is 4. The lowest BCUT2D eigenvalue weighted by molar-refractivity contribution is -1.02. The number of tetrazole rings is 1. The predicted molar refractivity (Wildman–Crippen MR) is 96.8 cm³/mol. The molecule has 0 amide bonds. The van der Waals surface area contributed by atoms with Crippen LogP contribution in [0, 0.1) is 0 Å². The molecule has 4 rings (SSSR count). The van der Waals surface area contributed by atoms with Gasteiger partial charge in [0.05, 0.1) is 13.6 Å². The predicted octanol–water partition coefficient (Wildman–Crippen LogP) is -0.714. The molecule has 0 aliphatic carbocycles. The van der Waals surface area contributed by atoms with Gasteiger partial charge in [-0.15, -0.1) is 16.4 Å². The highest BCUT2D eigenvalue weighted by atomic mass is 32.1. The SMILES string of the molecule is C[NH+]1CC[NH+]([C@H](c2ccccc2)c2nnnn2Cc2cccs2)CC1. The first kappa shape index (κ1) is 16.4. The van der Waals surface area contributed by atoms with Crippen molar-refractivity contribution in [1.82, 2.24) is 20.2 Å². The lowest BCUT2D eigenvalue weighted by atomic mass is 10.0. The summed E-state index contributed by atoms with van der Waals surface area (Å²) in [5, 5.41) is 14.8. The summed E-state index contributed by atoms with van der Waals surface area (Å²) in [6.07, 6.45) is 0. The molecule has 1 atom stereocenters. The zero-order valence-corrected chi connectivity index (χ0v) is 15.2. The Hall–Kier alpha value is -2.09. The van der Waals surface area contributed by atoms with Gasteiger partial charge in [-0.3, -0.25) is 0 Å². The molecular weight excluding hydrogens is 332 g/mol. The van der Waals surface area contributed by atoms with E-state index in [4.69, 9.17) is 0 Å². The number of piperazine rings is 1. The molecule has 1 fully saturated rings. The highest BCUT2D eigenvalue weighted by Gasteiger charge is 2.34. The number of rotatable bonds is 5. The van der Waals surface area contributed by atoms with Gasteiger partial charge >= 0.3 is 0 Å². The van der Waals surface area contributed by atoms with Crippen molar-refractivity contribution in [3.05, 3.63) is 64.1 Å². The second kappa shape index (κ2) is 7.43. The van der Waals surface area contributed by atoms with Crippen LogP contribution in [0.15, 0.2) is 47.8 Å². The molecule has 0 spiro atoms. The monoisotopic (exact) mass is 356 g/mol. The Morgan fingerprint density at radius 1 is 1.08 bits per heavy atom. The summed E-state index contributed by atoms with van der Waals surface area (Å²) in [7, 11) is 2.27. The zero-order chi connectivity index (χ0) is 17.1. The van der Waals surface area contributed by atoms with Gasteiger partial charge in [-0.25, -0.2) is 4.68 Å². The third-order valence-corrected chi connectivity index (χ3v) is 5.85. The largest absolute Gasteiger partial charge is 0.328 e. The summed E-state index contributed by atoms with van der Waals surface area (Å²) in [5.41, 5.74) is 1.29. The van der Waals surface area contributed by atoms with Crippen LogP contribution < -0.4 is 9.80 Å². The number of quaternary nitrogens is 2. The summed E-state index contributed by atoms with van der Waals surface area (Å²) in [6.45, 7) is 5.38. The molecule has 2 aromatic heterocycles. The van der Waals surface area contributed by atoms with Gasteiger partial charge in [-0.05, 0) is 21.9 Å². The van der Waals surface area contributed by atoms with E-state index >= 15 is 0 Å². The van der Waals surface area contributed by atoms with Crippen molar-refractivity contribution in [1.29, 1.82) is 0 Å². The molecule has 3 heterocycles. The minimum Gasteiger partial charge on any atom is -0.328 e. The van der Waals surface area contributed by atoms with E-state index in [2.05, 4.69) is 70.4 Å². The van der Waals surface area contributed by atoms with Gasteiger partial charge < -0.3 is 9.80 Å². The van der Waals surface area contributed by atoms with Crippen LogP contribution in [-0.2, 0) is 6.54 Å². The Labute approximate surface area is 151 Å². The molecule has 0 radical (unpaired) electrons. The van der Waals surface area contributed by atoms with Crippen molar-refractivity contribution >= 4 is 11.3 Å². The van der Waals surface area contributed by atoms with Gasteiger partial charge in [0.2, 0.25) is 5.82 Å². The summed E-state index contributed by atoms with van der Waals surface area (Å²) >= 11 is 1.75. The topological polar surface area (TPSA) is 52.5 Å². The van der Waals surface area contributed by atoms with Crippen molar-refractivity contribution in [2.75, 3.05) is 33.2 Å². The molecular formula is C18H24N6S+2. The number of benzene rings is 1. The molecule has 0 saturated carbocycles. The van der Waals surface area contributed by atoms with E-state index in [1.54, 1.807) is 21.1 Å². The Morgan fingerprint density at radius 2 is 1.88 bits per heavy atom. The Balaban J connectivity index is 1.68. The fourth-order valence-corrected chi connectivity index (χ4v) is 4.27. The molecule has 7 heteroatoms. The average Bonchev–Trinajstić information content (AvgIpc) is 3.31. The van der Waals surface area contributed by atoms with Gasteiger partial charge in [0.1, 0.15) is 26.2 Å². The first-order valence-electron chi connectivity index (χ1n) is 8.80. The van der Waals surface area contributed by atoms with Crippen molar-refractivity contribution < 1.29 is 9.80 Å². The molecule has 6 nitrogen and oxygen atoms in total. The maximum Gasteiger partial charge on any atom is 0.214 e. The van der Waals surface area contributed by atoms with Crippen LogP contribution in [0.2, 0.25) is 0 Å². The second-order valence-electron chi connectivity index (χ2n) is 6.73. The fraction of sp³-hybridized carbons (Fsp3) is 0.389. The molecule has 130 valence electrons. The van der Waals surface area contributed by atoms with E-state index in [0.717, 1.165) is 25.5 Å². The fourth-order valence-electron chi connectivity index (χ4n) is 3.58. The van der Waals surface area contributed by atoms with E-state index in [1.807, 2.05) is 4.68 Å². The van der Waals surface area contributed by atoms with E-state index in [-0.39, 0.29) is 6.04 Å². The lowest BCUT2D eigenvalue weighted by Gasteiger charge is -2.32. The first-order chi connectivity index (χ1) is 12.3. The molecule has 1 aromatic carbocycles. The lowest BCUT2D eigenvalue weighted by Crippen LogP contribution is -3.27. The van der Waals surface area contributed by atoms with Crippen LogP contribution in [0.25, 0.3) is 0 Å². The van der Waals surface area contributed by atoms with E-state index in [0.29, 0.717) is 0 Å². The van der Waals surface area contributed by atoms with E-state index in [9.17, 15) is 0 Å². The summed E-state index contributed by atoms with van der Waals surface area (Å²) < 4.78 is 1.97. The zero-order valence-electron chi connectivity index (χ0n) is 14.4. The van der Waals surface area contributed by atoms with Crippen LogP contribution in [0.5, 0.6) is 0 Å². The minimum atomic E-state index is 0.185. The standard InChI is InChI=1S/C18H22N6S/c1-22-9-11-23(12-10-22)17(15-6-3-2-4-7-15)18-19-20-21-24(18)14-16-8-5-13-25-16/h2-8,13,17H,9-12,14H2,1H3/p+2/t17-/m1/s1. The van der Waals surface area contributed by atoms with Crippen molar-refractivity contribution in [2.45, 2.75) is 12.6 Å². The van der Waals surface area contributed by atoms with Crippen molar-refractivity contribution in [3.8, 4) is 0 Å². The third kappa shape index (κ3) is 3.63. The van der Waals surface area contributed by atoms with Gasteiger partial charge in [0, 0.05) is 10.4 Å². The molecule has 1 aliphatic heterocycles. The van der Waals surface area contributed by atoms with Crippen LogP contribution >= 0.6 is 11.3 Å². The summed E-state index contributed by atoms with van der Waals surface area (Å²) in [4.78, 5) is 4.44. The maximum atomic E-state index is 4.45. The van der Waals surface area contributed by atoms with Gasteiger partial charge in [0.15, 0.2) is 6.04 Å². The molecule has 2 N–H and O–H groups in total. The van der Waals surface area contributed by atoms with Crippen LogP contribution in [0.3, 0.4) is 0 Å². The highest BCUT2D eigenvalue weighted by Crippen LogP contribution is 2.18. The number of nitrogens with zero attached hydrogens (tertiary/aromatic N) is 4. The van der Waals surface area contributed by atoms with Gasteiger partial charge in [-0.1, -0.05) is 36.4 Å². The molecule has 1 saturated heterocycles. The van der Waals surface area contributed by atoms with E-state index in [1.165, 1.54) is 23.5 Å². The Morgan fingerprint density at radius 3 is 2.60 bits per heavy atom. The van der Waals surface area contributed by atoms with Crippen LogP contribution in [0.1, 0.15) is 22.3 Å². The van der Waals surface area contributed by atoms with E-state index < -0.39 is 0 Å². The maximum absolute atomic E-state index is 4.45. The second-order valence-corrected chi connectivity index (χ2v) is 7.77. The van der Waals surface area contributed by atoms with Crippen molar-refractivity contribution in [3.63, 3.8) is 0 Å². The van der Waals surface area contributed by atoms with Crippen LogP contribution in [-0.4, -0.2) is 53.4 Å². The summed E-state index contributed by atoms with van der Waals surface area (Å²) in [6, 6.07) is 15.1. The first-order valence-corrected chi connectivity index (χ1v) is 9.68. The average molecular weight is 356 g/mol. The molecule has 0 unspecified atom stereocenters. The minimum absolute atomic E-state index is 0.185. The number of hydrogen-bond acceptors (Lipinski definition) is 4. The number of thiophene rings is 1. The quantitative estimate of drug-likeness (QED) is 0.635. The number of nitrogens with one attached hydrogen (secondary N) is 2. The smallest absolute Gasteiger partial charge is 0.214 e. The van der Waals surface area contributed by atoms with Gasteiger partial charge in [0.25, 0.3) is 0 Å². The third-order valence-electron chi connectivity index (χ3n) is 4.99. The Kier molecular flexibility index (Phi) is 4.87. The Bertz CT molecular complexity index is 777. The normalized spacial score (nSPS) is 22.0. The molecule has 25 heavy (non-hydrogen) atoms. The molecule has 0 bridgehead atoms. The van der Waals surface area contributed by atoms with Crippen LogP contribution in [0.4, 0.5) is 0 Å². The van der Waals surface area contributed by atoms with Gasteiger partial charge in [-0.2, -0.15) is 0 Å². The number of hydrogen-bond donors (Lipinski definition) is 2. The highest BCUT2D eigenvalue weighted by molar-refractivity contribution is 7.09. The number of likely N-dealkylation sites (N-methyl/N-ethyl adjacent to an activating group) is 1. The summed E-state index contributed by atoms with van der Waals surface area (Å²) in [5.74, 6) is 0.967. The molecule has 1 aliphatic rings.